The van der Waals surface area contributed by atoms with Crippen molar-refractivity contribution in [3.63, 3.8) is 0 Å². The van der Waals surface area contributed by atoms with Gasteiger partial charge in [-0.25, -0.2) is 4.98 Å². The molecule has 90 valence electrons. The molecular formula is C14H18N2S. The lowest BCUT2D eigenvalue weighted by Crippen LogP contribution is -2.07. The molecule has 2 aromatic rings. The van der Waals surface area contributed by atoms with Crippen molar-refractivity contribution in [3.05, 3.63) is 39.7 Å². The highest BCUT2D eigenvalue weighted by Gasteiger charge is 2.11. The van der Waals surface area contributed by atoms with Crippen molar-refractivity contribution in [2.75, 3.05) is 0 Å². The van der Waals surface area contributed by atoms with E-state index in [0.29, 0.717) is 0 Å². The summed E-state index contributed by atoms with van der Waals surface area (Å²) in [6.45, 7) is 6.31. The molecule has 2 N–H and O–H groups in total. The van der Waals surface area contributed by atoms with Crippen molar-refractivity contribution in [2.45, 2.75) is 33.2 Å². The molecule has 2 nitrogen and oxygen atoms in total. The van der Waals surface area contributed by atoms with Gasteiger partial charge in [0.2, 0.25) is 0 Å². The summed E-state index contributed by atoms with van der Waals surface area (Å²) in [5, 5.41) is 3.13. The third kappa shape index (κ3) is 2.56. The number of rotatable bonds is 3. The molecule has 2 rings (SSSR count). The molecule has 0 aliphatic rings. The molecule has 3 heteroatoms. The van der Waals surface area contributed by atoms with Gasteiger partial charge in [-0.15, -0.1) is 11.3 Å². The standard InChI is InChI=1S/C14H18N2S/c1-4-12(15)14-16-13(8-17-14)11-7-9(2)5-6-10(11)3/h5-8,12H,4,15H2,1-3H3. The second kappa shape index (κ2) is 4.98. The normalized spacial score (nSPS) is 12.7. The van der Waals surface area contributed by atoms with E-state index in [2.05, 4.69) is 49.3 Å². The first-order valence-corrected chi connectivity index (χ1v) is 6.78. The Morgan fingerprint density at radius 1 is 1.35 bits per heavy atom. The molecular weight excluding hydrogens is 228 g/mol. The molecule has 0 aliphatic heterocycles. The maximum Gasteiger partial charge on any atom is 0.110 e. The van der Waals surface area contributed by atoms with Gasteiger partial charge in [0.15, 0.2) is 0 Å². The number of hydrogen-bond donors (Lipinski definition) is 1. The molecule has 1 heterocycles. The fourth-order valence-corrected chi connectivity index (χ4v) is 2.67. The van der Waals surface area contributed by atoms with Crippen LogP contribution in [0, 0.1) is 13.8 Å². The largest absolute Gasteiger partial charge is 0.322 e. The van der Waals surface area contributed by atoms with Gasteiger partial charge >= 0.3 is 0 Å². The lowest BCUT2D eigenvalue weighted by Gasteiger charge is -2.05. The highest BCUT2D eigenvalue weighted by Crippen LogP contribution is 2.28. The van der Waals surface area contributed by atoms with E-state index in [1.165, 1.54) is 16.7 Å². The molecule has 1 aromatic heterocycles. The summed E-state index contributed by atoms with van der Waals surface area (Å²) >= 11 is 1.66. The van der Waals surface area contributed by atoms with Crippen molar-refractivity contribution >= 4 is 11.3 Å². The summed E-state index contributed by atoms with van der Waals surface area (Å²) in [6.07, 6.45) is 0.930. The highest BCUT2D eigenvalue weighted by molar-refractivity contribution is 7.10. The van der Waals surface area contributed by atoms with Gasteiger partial charge in [0.25, 0.3) is 0 Å². The number of thiazole rings is 1. The Hall–Kier alpha value is -1.19. The lowest BCUT2D eigenvalue weighted by molar-refractivity contribution is 0.693. The van der Waals surface area contributed by atoms with Gasteiger partial charge in [-0.2, -0.15) is 0 Å². The molecule has 1 atom stereocenters. The number of aryl methyl sites for hydroxylation is 2. The van der Waals surface area contributed by atoms with E-state index in [9.17, 15) is 0 Å². The van der Waals surface area contributed by atoms with Crippen molar-refractivity contribution in [1.29, 1.82) is 0 Å². The van der Waals surface area contributed by atoms with Crippen molar-refractivity contribution < 1.29 is 0 Å². The first-order chi connectivity index (χ1) is 8.11. The zero-order chi connectivity index (χ0) is 12.4. The molecule has 0 saturated heterocycles. The van der Waals surface area contributed by atoms with Crippen LogP contribution in [0.15, 0.2) is 23.6 Å². The predicted molar refractivity (Wildman–Crippen MR) is 74.2 cm³/mol. The Kier molecular flexibility index (Phi) is 3.60. The Balaban J connectivity index is 2.40. The highest BCUT2D eigenvalue weighted by atomic mass is 32.1. The average molecular weight is 246 g/mol. The average Bonchev–Trinajstić information content (AvgIpc) is 2.80. The Bertz CT molecular complexity index is 517. The second-order valence-electron chi connectivity index (χ2n) is 4.40. The van der Waals surface area contributed by atoms with Crippen molar-refractivity contribution in [3.8, 4) is 11.3 Å². The molecule has 0 aliphatic carbocycles. The molecule has 0 saturated carbocycles. The topological polar surface area (TPSA) is 38.9 Å². The fourth-order valence-electron chi connectivity index (χ4n) is 1.77. The number of aromatic nitrogens is 1. The lowest BCUT2D eigenvalue weighted by atomic mass is 10.0. The van der Waals surface area contributed by atoms with Crippen LogP contribution in [-0.4, -0.2) is 4.98 Å². The molecule has 0 amide bonds. The summed E-state index contributed by atoms with van der Waals surface area (Å²) in [4.78, 5) is 4.65. The van der Waals surface area contributed by atoms with E-state index in [1.807, 2.05) is 0 Å². The summed E-state index contributed by atoms with van der Waals surface area (Å²) in [5.41, 5.74) is 10.8. The first kappa shape index (κ1) is 12.3. The van der Waals surface area contributed by atoms with Crippen LogP contribution in [0.1, 0.15) is 35.5 Å². The van der Waals surface area contributed by atoms with E-state index < -0.39 is 0 Å². The molecule has 0 bridgehead atoms. The quantitative estimate of drug-likeness (QED) is 0.893. The molecule has 0 fully saturated rings. The molecule has 0 radical (unpaired) electrons. The minimum atomic E-state index is 0.0684. The van der Waals surface area contributed by atoms with Gasteiger partial charge in [0, 0.05) is 10.9 Å². The SMILES string of the molecule is CCC(N)c1nc(-c2cc(C)ccc2C)cs1. The van der Waals surface area contributed by atoms with E-state index in [-0.39, 0.29) is 6.04 Å². The minimum absolute atomic E-state index is 0.0684. The monoisotopic (exact) mass is 246 g/mol. The van der Waals surface area contributed by atoms with Crippen LogP contribution in [0.5, 0.6) is 0 Å². The summed E-state index contributed by atoms with van der Waals surface area (Å²) in [5.74, 6) is 0. The van der Waals surface area contributed by atoms with E-state index >= 15 is 0 Å². The van der Waals surface area contributed by atoms with Gasteiger partial charge in [-0.1, -0.05) is 24.6 Å². The maximum atomic E-state index is 6.00. The van der Waals surface area contributed by atoms with Crippen molar-refractivity contribution in [2.24, 2.45) is 5.73 Å². The van der Waals surface area contributed by atoms with Crippen LogP contribution >= 0.6 is 11.3 Å². The maximum absolute atomic E-state index is 6.00. The number of benzene rings is 1. The summed E-state index contributed by atoms with van der Waals surface area (Å²) < 4.78 is 0. The van der Waals surface area contributed by atoms with E-state index in [0.717, 1.165) is 17.1 Å². The Labute approximate surface area is 107 Å². The zero-order valence-corrected chi connectivity index (χ0v) is 11.3. The van der Waals surface area contributed by atoms with E-state index in [4.69, 9.17) is 5.73 Å². The summed E-state index contributed by atoms with van der Waals surface area (Å²) in [6, 6.07) is 6.53. The molecule has 1 aromatic carbocycles. The number of nitrogens with two attached hydrogens (primary N) is 1. The predicted octanol–water partition coefficient (Wildman–Crippen LogP) is 3.84. The summed E-state index contributed by atoms with van der Waals surface area (Å²) in [7, 11) is 0. The van der Waals surface area contributed by atoms with Crippen LogP contribution in [0.2, 0.25) is 0 Å². The van der Waals surface area contributed by atoms with Gasteiger partial charge in [0.05, 0.1) is 11.7 Å². The Morgan fingerprint density at radius 3 is 2.82 bits per heavy atom. The van der Waals surface area contributed by atoms with Gasteiger partial charge < -0.3 is 5.73 Å². The smallest absolute Gasteiger partial charge is 0.110 e. The molecule has 0 spiro atoms. The third-order valence-corrected chi connectivity index (χ3v) is 3.92. The molecule has 17 heavy (non-hydrogen) atoms. The van der Waals surface area contributed by atoms with E-state index in [1.54, 1.807) is 11.3 Å². The van der Waals surface area contributed by atoms with Crippen LogP contribution in [0.3, 0.4) is 0 Å². The third-order valence-electron chi connectivity index (χ3n) is 2.95. The molecule has 1 unspecified atom stereocenters. The first-order valence-electron chi connectivity index (χ1n) is 5.90. The number of hydrogen-bond acceptors (Lipinski definition) is 3. The van der Waals surface area contributed by atoms with Crippen LogP contribution in [0.25, 0.3) is 11.3 Å². The van der Waals surface area contributed by atoms with Crippen LogP contribution < -0.4 is 5.73 Å². The number of nitrogens with zero attached hydrogens (tertiary/aromatic N) is 1. The van der Waals surface area contributed by atoms with Crippen LogP contribution in [-0.2, 0) is 0 Å². The van der Waals surface area contributed by atoms with Gasteiger partial charge in [0.1, 0.15) is 5.01 Å². The second-order valence-corrected chi connectivity index (χ2v) is 5.29. The fraction of sp³-hybridized carbons (Fsp3) is 0.357. The van der Waals surface area contributed by atoms with Gasteiger partial charge in [-0.05, 0) is 31.9 Å². The zero-order valence-electron chi connectivity index (χ0n) is 10.5. The van der Waals surface area contributed by atoms with Crippen LogP contribution in [0.4, 0.5) is 0 Å². The minimum Gasteiger partial charge on any atom is -0.322 e. The Morgan fingerprint density at radius 2 is 2.12 bits per heavy atom. The van der Waals surface area contributed by atoms with Gasteiger partial charge in [-0.3, -0.25) is 0 Å². The van der Waals surface area contributed by atoms with Crippen molar-refractivity contribution in [1.82, 2.24) is 4.98 Å².